The van der Waals surface area contributed by atoms with Gasteiger partial charge in [-0.05, 0) is 18.4 Å². The molecule has 0 rings (SSSR count). The van der Waals surface area contributed by atoms with Crippen LogP contribution in [0, 0.1) is 0 Å². The maximum Gasteiger partial charge on any atom is 0.0291 e. The van der Waals surface area contributed by atoms with Crippen molar-refractivity contribution in [2.75, 3.05) is 7.05 Å². The second kappa shape index (κ2) is 6.02. The van der Waals surface area contributed by atoms with E-state index in [2.05, 4.69) is 25.4 Å². The highest BCUT2D eigenvalue weighted by molar-refractivity contribution is 5.22. The lowest BCUT2D eigenvalue weighted by Gasteiger charge is -2.07. The lowest BCUT2D eigenvalue weighted by molar-refractivity contribution is 0.712. The number of hydrogen-bond acceptors (Lipinski definition) is 1. The predicted molar refractivity (Wildman–Crippen MR) is 51.5 cm³/mol. The van der Waals surface area contributed by atoms with Crippen molar-refractivity contribution < 1.29 is 0 Å². The molecular weight excluding hydrogens is 134 g/mol. The van der Waals surface area contributed by atoms with Crippen molar-refractivity contribution in [1.29, 1.82) is 0 Å². The fraction of sp³-hybridized carbons (Fsp3) is 0.600. The van der Waals surface area contributed by atoms with Gasteiger partial charge >= 0.3 is 0 Å². The fourth-order valence-corrected chi connectivity index (χ4v) is 0.916. The maximum atomic E-state index is 3.94. The van der Waals surface area contributed by atoms with E-state index in [1.54, 1.807) is 0 Å². The summed E-state index contributed by atoms with van der Waals surface area (Å²) < 4.78 is 0. The summed E-state index contributed by atoms with van der Waals surface area (Å²) in [6.07, 6.45) is 4.86. The molecule has 1 heteroatoms. The van der Waals surface area contributed by atoms with Crippen molar-refractivity contribution in [1.82, 2.24) is 5.32 Å². The number of nitrogens with one attached hydrogen (secondary N) is 1. The van der Waals surface area contributed by atoms with Gasteiger partial charge in [0, 0.05) is 12.7 Å². The molecule has 0 amide bonds. The number of likely N-dealkylation sites (N-methyl/N-ethyl adjacent to an activating group) is 1. The van der Waals surface area contributed by atoms with Gasteiger partial charge in [0.2, 0.25) is 0 Å². The van der Waals surface area contributed by atoms with Crippen LogP contribution in [0.5, 0.6) is 0 Å². The van der Waals surface area contributed by atoms with E-state index < -0.39 is 0 Å². The Bertz CT molecular complexity index is 136. The lowest BCUT2D eigenvalue weighted by atomic mass is 10.1. The molecule has 0 heterocycles. The molecule has 0 aromatic rings. The third kappa shape index (κ3) is 4.65. The molecule has 0 aromatic heterocycles. The zero-order valence-corrected chi connectivity index (χ0v) is 7.74. The summed E-state index contributed by atoms with van der Waals surface area (Å²) in [7, 11) is 1.88. The molecule has 0 atom stereocenters. The highest BCUT2D eigenvalue weighted by Crippen LogP contribution is 2.11. The molecule has 0 spiro atoms. The molecule has 0 unspecified atom stereocenters. The molecule has 0 saturated heterocycles. The van der Waals surface area contributed by atoms with E-state index in [1.165, 1.54) is 19.3 Å². The van der Waals surface area contributed by atoms with E-state index in [0.29, 0.717) is 0 Å². The van der Waals surface area contributed by atoms with Crippen LogP contribution in [0.25, 0.3) is 0 Å². The molecule has 0 aliphatic rings. The van der Waals surface area contributed by atoms with Crippen molar-refractivity contribution in [3.05, 3.63) is 24.4 Å². The first kappa shape index (κ1) is 10.3. The van der Waals surface area contributed by atoms with E-state index in [0.717, 1.165) is 17.7 Å². The topological polar surface area (TPSA) is 12.0 Å². The highest BCUT2D eigenvalue weighted by atomic mass is 14.8. The minimum Gasteiger partial charge on any atom is -0.388 e. The third-order valence-electron chi connectivity index (χ3n) is 1.81. The van der Waals surface area contributed by atoms with E-state index >= 15 is 0 Å². The molecule has 0 saturated carbocycles. The van der Waals surface area contributed by atoms with Crippen LogP contribution < -0.4 is 5.32 Å². The van der Waals surface area contributed by atoms with Gasteiger partial charge in [-0.25, -0.2) is 0 Å². The van der Waals surface area contributed by atoms with Crippen molar-refractivity contribution in [2.45, 2.75) is 32.6 Å². The predicted octanol–water partition coefficient (Wildman–Crippen LogP) is 2.86. The SMILES string of the molecule is C=C(CCCCC)C(=C)NC. The molecular formula is C10H19N. The molecule has 0 bridgehead atoms. The Kier molecular flexibility index (Phi) is 5.63. The first-order valence-electron chi connectivity index (χ1n) is 4.27. The highest BCUT2D eigenvalue weighted by Gasteiger charge is 1.96. The second-order valence-corrected chi connectivity index (χ2v) is 2.79. The Labute approximate surface area is 70.2 Å². The Morgan fingerprint density at radius 3 is 2.36 bits per heavy atom. The van der Waals surface area contributed by atoms with Gasteiger partial charge in [-0.1, -0.05) is 32.9 Å². The minimum atomic E-state index is 0.973. The molecule has 1 N–H and O–H groups in total. The van der Waals surface area contributed by atoms with Crippen LogP contribution in [-0.2, 0) is 0 Å². The summed E-state index contributed by atoms with van der Waals surface area (Å²) in [5.41, 5.74) is 2.11. The van der Waals surface area contributed by atoms with E-state index in [9.17, 15) is 0 Å². The van der Waals surface area contributed by atoms with Crippen LogP contribution in [0.4, 0.5) is 0 Å². The van der Waals surface area contributed by atoms with E-state index in [1.807, 2.05) is 7.05 Å². The van der Waals surface area contributed by atoms with Crippen molar-refractivity contribution in [3.63, 3.8) is 0 Å². The Morgan fingerprint density at radius 1 is 1.27 bits per heavy atom. The summed E-state index contributed by atoms with van der Waals surface area (Å²) in [5, 5.41) is 3.00. The zero-order valence-electron chi connectivity index (χ0n) is 7.74. The summed E-state index contributed by atoms with van der Waals surface area (Å²) in [6, 6.07) is 0. The first-order chi connectivity index (χ1) is 5.22. The van der Waals surface area contributed by atoms with Crippen molar-refractivity contribution in [2.24, 2.45) is 0 Å². The van der Waals surface area contributed by atoms with Gasteiger partial charge in [-0.15, -0.1) is 0 Å². The Hall–Kier alpha value is -0.720. The maximum absolute atomic E-state index is 3.94. The molecule has 0 aromatic carbocycles. The zero-order chi connectivity index (χ0) is 8.69. The van der Waals surface area contributed by atoms with Crippen LogP contribution in [0.1, 0.15) is 32.6 Å². The third-order valence-corrected chi connectivity index (χ3v) is 1.81. The summed E-state index contributed by atoms with van der Waals surface area (Å²) in [4.78, 5) is 0. The quantitative estimate of drug-likeness (QED) is 0.457. The fourth-order valence-electron chi connectivity index (χ4n) is 0.916. The normalized spacial score (nSPS) is 9.27. The molecule has 11 heavy (non-hydrogen) atoms. The Morgan fingerprint density at radius 2 is 1.91 bits per heavy atom. The van der Waals surface area contributed by atoms with E-state index in [-0.39, 0.29) is 0 Å². The number of allylic oxidation sites excluding steroid dienone is 1. The number of hydrogen-bond donors (Lipinski definition) is 1. The molecule has 1 nitrogen and oxygen atoms in total. The molecule has 0 radical (unpaired) electrons. The van der Waals surface area contributed by atoms with Gasteiger partial charge in [0.1, 0.15) is 0 Å². The van der Waals surface area contributed by atoms with Gasteiger partial charge in [0.05, 0.1) is 0 Å². The van der Waals surface area contributed by atoms with Gasteiger partial charge in [-0.3, -0.25) is 0 Å². The van der Waals surface area contributed by atoms with Gasteiger partial charge < -0.3 is 5.32 Å². The minimum absolute atomic E-state index is 0.973. The average molecular weight is 153 g/mol. The van der Waals surface area contributed by atoms with Crippen LogP contribution in [0.3, 0.4) is 0 Å². The number of unbranched alkanes of at least 4 members (excludes halogenated alkanes) is 2. The summed E-state index contributed by atoms with van der Waals surface area (Å²) in [5.74, 6) is 0. The lowest BCUT2D eigenvalue weighted by Crippen LogP contribution is -2.05. The van der Waals surface area contributed by atoms with Gasteiger partial charge in [0.15, 0.2) is 0 Å². The van der Waals surface area contributed by atoms with Gasteiger partial charge in [0.25, 0.3) is 0 Å². The summed E-state index contributed by atoms with van der Waals surface area (Å²) >= 11 is 0. The molecule has 64 valence electrons. The Balaban J connectivity index is 3.44. The van der Waals surface area contributed by atoms with Crippen molar-refractivity contribution in [3.8, 4) is 0 Å². The largest absolute Gasteiger partial charge is 0.388 e. The molecule has 0 fully saturated rings. The van der Waals surface area contributed by atoms with E-state index in [4.69, 9.17) is 0 Å². The van der Waals surface area contributed by atoms with Crippen molar-refractivity contribution >= 4 is 0 Å². The standard InChI is InChI=1S/C10H19N/c1-5-6-7-8-9(2)10(3)11-4/h11H,2-3,5-8H2,1,4H3. The van der Waals surface area contributed by atoms with Crippen LogP contribution in [0.2, 0.25) is 0 Å². The smallest absolute Gasteiger partial charge is 0.0291 e. The monoisotopic (exact) mass is 153 g/mol. The van der Waals surface area contributed by atoms with Crippen LogP contribution in [0.15, 0.2) is 24.4 Å². The summed E-state index contributed by atoms with van der Waals surface area (Å²) in [6.45, 7) is 9.98. The first-order valence-corrected chi connectivity index (χ1v) is 4.27. The van der Waals surface area contributed by atoms with Gasteiger partial charge in [-0.2, -0.15) is 0 Å². The van der Waals surface area contributed by atoms with Crippen LogP contribution in [-0.4, -0.2) is 7.05 Å². The molecule has 0 aliphatic carbocycles. The van der Waals surface area contributed by atoms with Crippen LogP contribution >= 0.6 is 0 Å². The average Bonchev–Trinajstić information content (AvgIpc) is 2.03. The number of rotatable bonds is 6. The molecule has 0 aliphatic heterocycles. The second-order valence-electron chi connectivity index (χ2n) is 2.79.